The lowest BCUT2D eigenvalue weighted by Gasteiger charge is -2.63. The summed E-state index contributed by atoms with van der Waals surface area (Å²) < 4.78 is 0. The highest BCUT2D eigenvalue weighted by atomic mass is 16.3. The lowest BCUT2D eigenvalue weighted by Crippen LogP contribution is -2.59. The van der Waals surface area contributed by atoms with Crippen molar-refractivity contribution in [3.8, 4) is 0 Å². The average Bonchev–Trinajstić information content (AvgIpc) is 3.05. The molecule has 0 saturated heterocycles. The van der Waals surface area contributed by atoms with Gasteiger partial charge in [0.05, 0.1) is 12.2 Å². The molecule has 0 aromatic rings. The Balaban J connectivity index is 1.65. The van der Waals surface area contributed by atoms with Gasteiger partial charge in [-0.15, -0.1) is 0 Å². The Morgan fingerprint density at radius 1 is 1.03 bits per heavy atom. The fourth-order valence-corrected chi connectivity index (χ4v) is 9.07. The van der Waals surface area contributed by atoms with Gasteiger partial charge in [0.25, 0.3) is 0 Å². The fourth-order valence-electron chi connectivity index (χ4n) is 9.07. The number of rotatable bonds is 4. The third-order valence-electron chi connectivity index (χ3n) is 10.5. The normalized spacial score (nSPS) is 52.0. The van der Waals surface area contributed by atoms with Crippen LogP contribution in [0, 0.1) is 46.3 Å². The highest BCUT2D eigenvalue weighted by Crippen LogP contribution is 2.69. The largest absolute Gasteiger partial charge is 0.396 e. The number of hydrogen-bond acceptors (Lipinski definition) is 3. The number of aliphatic hydroxyl groups is 3. The fraction of sp³-hybridized carbons (Fsp3) is 0.923. The van der Waals surface area contributed by atoms with Gasteiger partial charge in [-0.2, -0.15) is 0 Å². The molecule has 0 unspecified atom stereocenters. The van der Waals surface area contributed by atoms with E-state index in [1.807, 2.05) is 0 Å². The molecule has 166 valence electrons. The Labute approximate surface area is 178 Å². The molecule has 4 aliphatic carbocycles. The second-order valence-electron chi connectivity index (χ2n) is 11.6. The average molecular weight is 405 g/mol. The number of aliphatic hydroxyl groups excluding tert-OH is 3. The maximum atomic E-state index is 11.6. The third-order valence-corrected chi connectivity index (χ3v) is 10.5. The minimum absolute atomic E-state index is 0.205. The van der Waals surface area contributed by atoms with Gasteiger partial charge in [-0.05, 0) is 117 Å². The first-order chi connectivity index (χ1) is 13.8. The molecule has 0 aliphatic heterocycles. The van der Waals surface area contributed by atoms with E-state index < -0.39 is 0 Å². The van der Waals surface area contributed by atoms with E-state index in [9.17, 15) is 15.3 Å². The van der Waals surface area contributed by atoms with Crippen molar-refractivity contribution in [3.05, 3.63) is 11.6 Å². The Hall–Kier alpha value is -0.380. The molecule has 3 nitrogen and oxygen atoms in total. The zero-order valence-corrected chi connectivity index (χ0v) is 19.1. The summed E-state index contributed by atoms with van der Waals surface area (Å²) in [6.45, 7) is 9.81. The van der Waals surface area contributed by atoms with Gasteiger partial charge < -0.3 is 15.3 Å². The topological polar surface area (TPSA) is 60.7 Å². The van der Waals surface area contributed by atoms with Crippen LogP contribution >= 0.6 is 0 Å². The van der Waals surface area contributed by atoms with E-state index >= 15 is 0 Å². The molecule has 4 fully saturated rings. The lowest BCUT2D eigenvalue weighted by atomic mass is 9.42. The first kappa shape index (κ1) is 21.8. The van der Waals surface area contributed by atoms with E-state index in [0.29, 0.717) is 41.6 Å². The molecule has 4 rings (SSSR count). The van der Waals surface area contributed by atoms with Crippen LogP contribution in [0.2, 0.25) is 0 Å². The third kappa shape index (κ3) is 3.26. The first-order valence-electron chi connectivity index (χ1n) is 12.4. The van der Waals surface area contributed by atoms with Gasteiger partial charge in [0.2, 0.25) is 0 Å². The molecule has 0 bridgehead atoms. The molecule has 4 aliphatic rings. The van der Waals surface area contributed by atoms with Gasteiger partial charge in [0.15, 0.2) is 0 Å². The summed E-state index contributed by atoms with van der Waals surface area (Å²) in [7, 11) is 0. The van der Waals surface area contributed by atoms with Gasteiger partial charge in [-0.25, -0.2) is 0 Å². The van der Waals surface area contributed by atoms with Crippen LogP contribution in [0.5, 0.6) is 0 Å². The minimum Gasteiger partial charge on any atom is -0.396 e. The number of allylic oxidation sites excluding steroid dienone is 1. The standard InChI is InChI=1S/C26H44O3/c1-5-18-22-15-17(28)10-12-26(22,4)21-11-13-25(3)19(16(2)7-6-14-27)8-9-20(25)23(21)24(18)29/h5,16-17,19-24,27-29H,6-15H2,1-4H3/b18-5+/t16-,17-,19-,20+,21+,22+,23+,24+,25-,26-/m1/s1. The molecule has 0 aromatic carbocycles. The van der Waals surface area contributed by atoms with E-state index in [1.54, 1.807) is 0 Å². The summed E-state index contributed by atoms with van der Waals surface area (Å²) in [6, 6.07) is 0. The molecule has 3 heteroatoms. The van der Waals surface area contributed by atoms with Crippen LogP contribution in [0.25, 0.3) is 0 Å². The Bertz CT molecular complexity index is 629. The van der Waals surface area contributed by atoms with Crippen LogP contribution in [0.3, 0.4) is 0 Å². The monoisotopic (exact) mass is 404 g/mol. The van der Waals surface area contributed by atoms with E-state index in [4.69, 9.17) is 0 Å². The molecule has 0 spiro atoms. The maximum absolute atomic E-state index is 11.6. The zero-order chi connectivity index (χ0) is 21.0. The van der Waals surface area contributed by atoms with Gasteiger partial charge in [-0.1, -0.05) is 26.8 Å². The van der Waals surface area contributed by atoms with Crippen molar-refractivity contribution in [2.45, 2.75) is 97.7 Å². The molecule has 10 atom stereocenters. The van der Waals surface area contributed by atoms with Crippen molar-refractivity contribution >= 4 is 0 Å². The van der Waals surface area contributed by atoms with Crippen molar-refractivity contribution < 1.29 is 15.3 Å². The van der Waals surface area contributed by atoms with Crippen molar-refractivity contribution in [2.24, 2.45) is 46.3 Å². The van der Waals surface area contributed by atoms with Crippen LogP contribution in [-0.2, 0) is 0 Å². The zero-order valence-electron chi connectivity index (χ0n) is 19.1. The Morgan fingerprint density at radius 3 is 2.41 bits per heavy atom. The maximum Gasteiger partial charge on any atom is 0.0786 e. The molecule has 4 saturated carbocycles. The quantitative estimate of drug-likeness (QED) is 0.582. The molecule has 0 amide bonds. The number of fused-ring (bicyclic) bond motifs is 5. The van der Waals surface area contributed by atoms with E-state index in [-0.39, 0.29) is 17.6 Å². The second kappa shape index (κ2) is 7.95. The summed E-state index contributed by atoms with van der Waals surface area (Å²) in [5, 5.41) is 31.3. The molecule has 29 heavy (non-hydrogen) atoms. The SMILES string of the molecule is C/C=C1/[C@H](O)[C@@H]2[C@H](CC[C@]3(C)[C@@H]([C@H](C)CCCO)CC[C@@H]23)[C@@]2(C)CC[C@@H](O)C[C@@H]12. The predicted octanol–water partition coefficient (Wildman–Crippen LogP) is 4.94. The number of hydrogen-bond donors (Lipinski definition) is 3. The summed E-state index contributed by atoms with van der Waals surface area (Å²) in [5.41, 5.74) is 1.79. The van der Waals surface area contributed by atoms with Gasteiger partial charge >= 0.3 is 0 Å². The molecular weight excluding hydrogens is 360 g/mol. The predicted molar refractivity (Wildman–Crippen MR) is 117 cm³/mol. The minimum atomic E-state index is -0.329. The van der Waals surface area contributed by atoms with Gasteiger partial charge in [0, 0.05) is 6.61 Å². The van der Waals surface area contributed by atoms with Crippen molar-refractivity contribution in [1.82, 2.24) is 0 Å². The molecular formula is C26H44O3. The van der Waals surface area contributed by atoms with Crippen LogP contribution in [0.1, 0.15) is 85.5 Å². The molecule has 0 heterocycles. The summed E-state index contributed by atoms with van der Waals surface area (Å²) in [5.74, 6) is 3.30. The van der Waals surface area contributed by atoms with Gasteiger partial charge in [-0.3, -0.25) is 0 Å². The lowest BCUT2D eigenvalue weighted by molar-refractivity contribution is -0.147. The second-order valence-corrected chi connectivity index (χ2v) is 11.6. The van der Waals surface area contributed by atoms with Crippen LogP contribution in [-0.4, -0.2) is 34.1 Å². The van der Waals surface area contributed by atoms with Crippen LogP contribution in [0.15, 0.2) is 11.6 Å². The van der Waals surface area contributed by atoms with Crippen molar-refractivity contribution in [1.29, 1.82) is 0 Å². The smallest absolute Gasteiger partial charge is 0.0786 e. The Kier molecular flexibility index (Phi) is 5.99. The highest BCUT2D eigenvalue weighted by Gasteiger charge is 2.63. The summed E-state index contributed by atoms with van der Waals surface area (Å²) >= 11 is 0. The Morgan fingerprint density at radius 2 is 1.72 bits per heavy atom. The van der Waals surface area contributed by atoms with Crippen molar-refractivity contribution in [2.75, 3.05) is 6.61 Å². The van der Waals surface area contributed by atoms with E-state index in [0.717, 1.165) is 38.0 Å². The molecule has 3 N–H and O–H groups in total. The molecule has 0 radical (unpaired) electrons. The van der Waals surface area contributed by atoms with E-state index in [2.05, 4.69) is 33.8 Å². The highest BCUT2D eigenvalue weighted by molar-refractivity contribution is 5.26. The summed E-state index contributed by atoms with van der Waals surface area (Å²) in [4.78, 5) is 0. The van der Waals surface area contributed by atoms with Crippen LogP contribution < -0.4 is 0 Å². The van der Waals surface area contributed by atoms with E-state index in [1.165, 1.54) is 31.3 Å². The first-order valence-corrected chi connectivity index (χ1v) is 12.4. The van der Waals surface area contributed by atoms with Crippen LogP contribution in [0.4, 0.5) is 0 Å². The van der Waals surface area contributed by atoms with Gasteiger partial charge in [0.1, 0.15) is 0 Å². The molecule has 0 aromatic heterocycles. The van der Waals surface area contributed by atoms with Crippen molar-refractivity contribution in [3.63, 3.8) is 0 Å². The summed E-state index contributed by atoms with van der Waals surface area (Å²) in [6.07, 6.45) is 11.6.